The molecule has 0 radical (unpaired) electrons. The summed E-state index contributed by atoms with van der Waals surface area (Å²) in [6, 6.07) is 10.0. The predicted molar refractivity (Wildman–Crippen MR) is 86.9 cm³/mol. The van der Waals surface area contributed by atoms with Crippen molar-refractivity contribution in [1.29, 1.82) is 0 Å². The SMILES string of the molecule is O=S(=O)(c1cccc2cccnc12)n1ncc2cnc(Cl)cc21. The molecule has 0 atom stereocenters. The summed E-state index contributed by atoms with van der Waals surface area (Å²) >= 11 is 5.88. The first-order valence-corrected chi connectivity index (χ1v) is 8.48. The van der Waals surface area contributed by atoms with Gasteiger partial charge in [-0.15, -0.1) is 0 Å². The summed E-state index contributed by atoms with van der Waals surface area (Å²) in [7, 11) is -3.91. The van der Waals surface area contributed by atoms with Crippen molar-refractivity contribution in [3.8, 4) is 0 Å². The predicted octanol–water partition coefficient (Wildman–Crippen LogP) is 2.87. The Labute approximate surface area is 136 Å². The van der Waals surface area contributed by atoms with Gasteiger partial charge in [0.25, 0.3) is 10.0 Å². The Morgan fingerprint density at radius 1 is 1.00 bits per heavy atom. The lowest BCUT2D eigenvalue weighted by Crippen LogP contribution is -2.15. The average molecular weight is 345 g/mol. The molecule has 0 unspecified atom stereocenters. The van der Waals surface area contributed by atoms with Crippen LogP contribution in [0.25, 0.3) is 21.8 Å². The molecule has 0 bridgehead atoms. The molecule has 0 fully saturated rings. The van der Waals surface area contributed by atoms with Crippen LogP contribution in [0.3, 0.4) is 0 Å². The molecular weight excluding hydrogens is 336 g/mol. The van der Waals surface area contributed by atoms with Gasteiger partial charge in [0.2, 0.25) is 0 Å². The number of hydrogen-bond donors (Lipinski definition) is 0. The number of rotatable bonds is 2. The highest BCUT2D eigenvalue weighted by atomic mass is 35.5. The minimum Gasteiger partial charge on any atom is -0.255 e. The first-order chi connectivity index (χ1) is 11.1. The van der Waals surface area contributed by atoms with Crippen molar-refractivity contribution in [3.63, 3.8) is 0 Å². The van der Waals surface area contributed by atoms with Crippen LogP contribution in [-0.2, 0) is 10.0 Å². The zero-order chi connectivity index (χ0) is 16.0. The van der Waals surface area contributed by atoms with Gasteiger partial charge in [0.05, 0.1) is 17.2 Å². The Kier molecular flexibility index (Phi) is 3.07. The maximum absolute atomic E-state index is 13.0. The van der Waals surface area contributed by atoms with Gasteiger partial charge in [-0.05, 0) is 12.1 Å². The molecule has 4 aromatic rings. The van der Waals surface area contributed by atoms with Crippen LogP contribution in [0.4, 0.5) is 0 Å². The first-order valence-electron chi connectivity index (χ1n) is 6.66. The number of para-hydroxylation sites is 1. The molecule has 23 heavy (non-hydrogen) atoms. The number of fused-ring (bicyclic) bond motifs is 2. The number of pyridine rings is 2. The Bertz CT molecular complexity index is 1150. The van der Waals surface area contributed by atoms with Gasteiger partial charge in [-0.1, -0.05) is 29.8 Å². The van der Waals surface area contributed by atoms with Gasteiger partial charge >= 0.3 is 0 Å². The van der Waals surface area contributed by atoms with E-state index >= 15 is 0 Å². The molecule has 0 aliphatic rings. The topological polar surface area (TPSA) is 77.7 Å². The molecule has 0 N–H and O–H groups in total. The average Bonchev–Trinajstić information content (AvgIpc) is 2.98. The second-order valence-corrected chi connectivity index (χ2v) is 7.01. The Balaban J connectivity index is 2.04. The minimum absolute atomic E-state index is 0.0912. The Morgan fingerprint density at radius 3 is 2.70 bits per heavy atom. The summed E-state index contributed by atoms with van der Waals surface area (Å²) in [6.45, 7) is 0. The van der Waals surface area contributed by atoms with E-state index in [0.29, 0.717) is 16.4 Å². The Hall–Kier alpha value is -2.51. The van der Waals surface area contributed by atoms with Crippen molar-refractivity contribution in [2.75, 3.05) is 0 Å². The van der Waals surface area contributed by atoms with E-state index in [-0.39, 0.29) is 10.0 Å². The molecule has 0 aliphatic carbocycles. The quantitative estimate of drug-likeness (QED) is 0.522. The fraction of sp³-hybridized carbons (Fsp3) is 0. The summed E-state index contributed by atoms with van der Waals surface area (Å²) in [4.78, 5) is 8.22. The van der Waals surface area contributed by atoms with Crippen LogP contribution in [0.2, 0.25) is 5.15 Å². The monoisotopic (exact) mass is 344 g/mol. The Morgan fingerprint density at radius 2 is 1.83 bits per heavy atom. The third-order valence-electron chi connectivity index (χ3n) is 3.49. The first kappa shape index (κ1) is 14.1. The molecule has 0 aliphatic heterocycles. The molecule has 3 aromatic heterocycles. The molecule has 0 saturated heterocycles. The zero-order valence-electron chi connectivity index (χ0n) is 11.6. The molecule has 114 valence electrons. The molecule has 3 heterocycles. The van der Waals surface area contributed by atoms with Crippen LogP contribution in [0.15, 0.2) is 59.9 Å². The van der Waals surface area contributed by atoms with E-state index in [9.17, 15) is 8.42 Å². The fourth-order valence-corrected chi connectivity index (χ4v) is 4.03. The van der Waals surface area contributed by atoms with Gasteiger partial charge in [0.15, 0.2) is 0 Å². The van der Waals surface area contributed by atoms with Crippen LogP contribution in [0.1, 0.15) is 0 Å². The number of halogens is 1. The lowest BCUT2D eigenvalue weighted by Gasteiger charge is -2.08. The maximum Gasteiger partial charge on any atom is 0.285 e. The van der Waals surface area contributed by atoms with Gasteiger partial charge in [-0.2, -0.15) is 17.6 Å². The van der Waals surface area contributed by atoms with Gasteiger partial charge in [-0.3, -0.25) is 4.98 Å². The largest absolute Gasteiger partial charge is 0.285 e. The van der Waals surface area contributed by atoms with Gasteiger partial charge in [0.1, 0.15) is 10.0 Å². The summed E-state index contributed by atoms with van der Waals surface area (Å²) in [6.07, 6.45) is 4.48. The van der Waals surface area contributed by atoms with E-state index in [4.69, 9.17) is 11.6 Å². The second kappa shape index (κ2) is 5.00. The van der Waals surface area contributed by atoms with Crippen molar-refractivity contribution < 1.29 is 8.42 Å². The summed E-state index contributed by atoms with van der Waals surface area (Å²) in [5.74, 6) is 0. The van der Waals surface area contributed by atoms with E-state index in [1.54, 1.807) is 18.3 Å². The summed E-state index contributed by atoms with van der Waals surface area (Å²) in [5.41, 5.74) is 0.775. The number of benzene rings is 1. The van der Waals surface area contributed by atoms with E-state index in [1.807, 2.05) is 12.1 Å². The van der Waals surface area contributed by atoms with Gasteiger partial charge < -0.3 is 0 Å². The fourth-order valence-electron chi connectivity index (χ4n) is 2.44. The van der Waals surface area contributed by atoms with Crippen molar-refractivity contribution in [3.05, 3.63) is 60.1 Å². The third-order valence-corrected chi connectivity index (χ3v) is 5.33. The van der Waals surface area contributed by atoms with E-state index in [1.165, 1.54) is 24.5 Å². The second-order valence-electron chi connectivity index (χ2n) is 4.89. The number of hydrogen-bond acceptors (Lipinski definition) is 5. The van der Waals surface area contributed by atoms with Crippen molar-refractivity contribution >= 4 is 43.4 Å². The smallest absolute Gasteiger partial charge is 0.255 e. The molecular formula is C15H9ClN4O2S. The van der Waals surface area contributed by atoms with Crippen LogP contribution in [-0.4, -0.2) is 27.6 Å². The van der Waals surface area contributed by atoms with E-state index in [2.05, 4.69) is 15.1 Å². The molecule has 0 saturated carbocycles. The van der Waals surface area contributed by atoms with Crippen molar-refractivity contribution in [2.45, 2.75) is 4.90 Å². The number of nitrogens with zero attached hydrogens (tertiary/aromatic N) is 4. The number of aromatic nitrogens is 4. The highest BCUT2D eigenvalue weighted by Crippen LogP contribution is 2.26. The minimum atomic E-state index is -3.91. The van der Waals surface area contributed by atoms with E-state index in [0.717, 1.165) is 9.47 Å². The molecule has 8 heteroatoms. The van der Waals surface area contributed by atoms with Crippen LogP contribution in [0, 0.1) is 0 Å². The third kappa shape index (κ3) is 2.16. The van der Waals surface area contributed by atoms with Crippen LogP contribution >= 0.6 is 11.6 Å². The molecule has 4 rings (SSSR count). The normalized spacial score (nSPS) is 12.0. The van der Waals surface area contributed by atoms with E-state index < -0.39 is 10.0 Å². The highest BCUT2D eigenvalue weighted by Gasteiger charge is 2.23. The zero-order valence-corrected chi connectivity index (χ0v) is 13.2. The lowest BCUT2D eigenvalue weighted by atomic mass is 10.2. The van der Waals surface area contributed by atoms with Gasteiger partial charge in [-0.25, -0.2) is 4.98 Å². The van der Waals surface area contributed by atoms with Crippen molar-refractivity contribution in [2.24, 2.45) is 0 Å². The molecule has 0 spiro atoms. The standard InChI is InChI=1S/C15H9ClN4O2S/c16-14-7-12-11(8-18-14)9-19-20(12)23(21,22)13-5-1-3-10-4-2-6-17-15(10)13/h1-9H. The molecule has 0 amide bonds. The molecule has 1 aromatic carbocycles. The maximum atomic E-state index is 13.0. The van der Waals surface area contributed by atoms with Crippen LogP contribution in [0.5, 0.6) is 0 Å². The summed E-state index contributed by atoms with van der Waals surface area (Å²) < 4.78 is 27.0. The van der Waals surface area contributed by atoms with Crippen LogP contribution < -0.4 is 0 Å². The highest BCUT2D eigenvalue weighted by molar-refractivity contribution is 7.90. The van der Waals surface area contributed by atoms with Gasteiger partial charge in [0, 0.05) is 29.2 Å². The van der Waals surface area contributed by atoms with Crippen molar-refractivity contribution in [1.82, 2.24) is 19.2 Å². The lowest BCUT2D eigenvalue weighted by molar-refractivity contribution is 0.583. The summed E-state index contributed by atoms with van der Waals surface area (Å²) in [5, 5.41) is 5.52. The molecule has 6 nitrogen and oxygen atoms in total.